The Kier molecular flexibility index (Phi) is 3.03. The molecule has 1 aliphatic heterocycles. The number of ether oxygens (including phenoxy) is 1. The lowest BCUT2D eigenvalue weighted by molar-refractivity contribution is 0.122. The van der Waals surface area contributed by atoms with E-state index in [1.807, 2.05) is 10.9 Å². The first kappa shape index (κ1) is 12.6. The zero-order valence-electron chi connectivity index (χ0n) is 11.7. The second-order valence-corrected chi connectivity index (χ2v) is 5.58. The molecule has 2 aliphatic rings. The Labute approximate surface area is 121 Å². The molecule has 2 aromatic rings. The SMILES string of the molecule is Nc1nnc(-c2cn(CC3CC3)nc2N2CCOCC2)o1. The second kappa shape index (κ2) is 5.03. The summed E-state index contributed by atoms with van der Waals surface area (Å²) in [5, 5.41) is 12.5. The Bertz CT molecular complexity index is 626. The average Bonchev–Trinajstić information content (AvgIpc) is 3.05. The van der Waals surface area contributed by atoms with Crippen LogP contribution in [0, 0.1) is 5.92 Å². The van der Waals surface area contributed by atoms with E-state index < -0.39 is 0 Å². The van der Waals surface area contributed by atoms with E-state index in [2.05, 4.69) is 15.1 Å². The number of nitrogens with zero attached hydrogens (tertiary/aromatic N) is 5. The maximum absolute atomic E-state index is 5.54. The van der Waals surface area contributed by atoms with Gasteiger partial charge in [-0.05, 0) is 18.8 Å². The standard InChI is InChI=1S/C13H18N6O2/c14-13-16-15-12(21-13)10-8-19(7-9-1-2-9)17-11(10)18-3-5-20-6-4-18/h8-9H,1-7H2,(H2,14,16). The Morgan fingerprint density at radius 1 is 1.24 bits per heavy atom. The quantitative estimate of drug-likeness (QED) is 0.888. The topological polar surface area (TPSA) is 95.2 Å². The normalized spacial score (nSPS) is 19.1. The number of aromatic nitrogens is 4. The van der Waals surface area contributed by atoms with Gasteiger partial charge in [0.05, 0.1) is 13.2 Å². The molecule has 112 valence electrons. The van der Waals surface area contributed by atoms with Crippen molar-refractivity contribution in [2.45, 2.75) is 19.4 Å². The highest BCUT2D eigenvalue weighted by molar-refractivity contribution is 5.69. The average molecular weight is 290 g/mol. The van der Waals surface area contributed by atoms with E-state index in [4.69, 9.17) is 20.0 Å². The third-order valence-corrected chi connectivity index (χ3v) is 3.87. The molecule has 4 rings (SSSR count). The van der Waals surface area contributed by atoms with E-state index in [-0.39, 0.29) is 6.01 Å². The number of hydrogen-bond acceptors (Lipinski definition) is 7. The van der Waals surface area contributed by atoms with Gasteiger partial charge >= 0.3 is 6.01 Å². The maximum Gasteiger partial charge on any atom is 0.313 e. The van der Waals surface area contributed by atoms with Gasteiger partial charge in [0.1, 0.15) is 5.56 Å². The third kappa shape index (κ3) is 2.58. The number of nitrogen functional groups attached to an aromatic ring is 1. The van der Waals surface area contributed by atoms with E-state index in [1.165, 1.54) is 12.8 Å². The summed E-state index contributed by atoms with van der Waals surface area (Å²) >= 11 is 0. The van der Waals surface area contributed by atoms with Gasteiger partial charge in [-0.2, -0.15) is 5.10 Å². The van der Waals surface area contributed by atoms with Crippen molar-refractivity contribution in [1.82, 2.24) is 20.0 Å². The molecule has 0 radical (unpaired) electrons. The number of rotatable bonds is 4. The summed E-state index contributed by atoms with van der Waals surface area (Å²) in [6.45, 7) is 4.00. The Hall–Kier alpha value is -2.09. The summed E-state index contributed by atoms with van der Waals surface area (Å²) in [6, 6.07) is 0.0767. The van der Waals surface area contributed by atoms with Crippen LogP contribution in [0.5, 0.6) is 0 Å². The zero-order chi connectivity index (χ0) is 14.2. The van der Waals surface area contributed by atoms with Crippen LogP contribution in [-0.4, -0.2) is 46.3 Å². The molecule has 0 bridgehead atoms. The fourth-order valence-electron chi connectivity index (χ4n) is 2.57. The van der Waals surface area contributed by atoms with Crippen LogP contribution in [-0.2, 0) is 11.3 Å². The van der Waals surface area contributed by atoms with Gasteiger partial charge in [0.15, 0.2) is 5.82 Å². The van der Waals surface area contributed by atoms with Crippen LogP contribution in [0.3, 0.4) is 0 Å². The molecule has 0 atom stereocenters. The molecule has 8 nitrogen and oxygen atoms in total. The van der Waals surface area contributed by atoms with Crippen LogP contribution >= 0.6 is 0 Å². The van der Waals surface area contributed by atoms with Crippen molar-refractivity contribution in [2.75, 3.05) is 36.9 Å². The van der Waals surface area contributed by atoms with Gasteiger partial charge in [-0.25, -0.2) is 0 Å². The van der Waals surface area contributed by atoms with Gasteiger partial charge in [0.2, 0.25) is 0 Å². The van der Waals surface area contributed by atoms with Crippen LogP contribution in [0.2, 0.25) is 0 Å². The summed E-state index contributed by atoms with van der Waals surface area (Å²) < 4.78 is 12.8. The second-order valence-electron chi connectivity index (χ2n) is 5.58. The van der Waals surface area contributed by atoms with Crippen molar-refractivity contribution >= 4 is 11.8 Å². The van der Waals surface area contributed by atoms with Crippen molar-refractivity contribution in [2.24, 2.45) is 5.92 Å². The van der Waals surface area contributed by atoms with Crippen molar-refractivity contribution in [1.29, 1.82) is 0 Å². The summed E-state index contributed by atoms with van der Waals surface area (Å²) in [5.41, 5.74) is 6.39. The monoisotopic (exact) mass is 290 g/mol. The number of morpholine rings is 1. The molecular weight excluding hydrogens is 272 g/mol. The smallest absolute Gasteiger partial charge is 0.313 e. The molecule has 0 amide bonds. The minimum absolute atomic E-state index is 0.0767. The number of hydrogen-bond donors (Lipinski definition) is 1. The van der Waals surface area contributed by atoms with Crippen LogP contribution in [0.25, 0.3) is 11.5 Å². The van der Waals surface area contributed by atoms with Crippen LogP contribution in [0.15, 0.2) is 10.6 Å². The van der Waals surface area contributed by atoms with E-state index in [1.54, 1.807) is 0 Å². The van der Waals surface area contributed by atoms with Crippen molar-refractivity contribution in [3.8, 4) is 11.5 Å². The van der Waals surface area contributed by atoms with Crippen LogP contribution < -0.4 is 10.6 Å². The van der Waals surface area contributed by atoms with Crippen LogP contribution in [0.1, 0.15) is 12.8 Å². The van der Waals surface area contributed by atoms with E-state index in [0.717, 1.165) is 36.9 Å². The van der Waals surface area contributed by atoms with Gasteiger partial charge in [-0.1, -0.05) is 5.10 Å². The van der Waals surface area contributed by atoms with Gasteiger partial charge in [0, 0.05) is 25.8 Å². The predicted octanol–water partition coefficient (Wildman–Crippen LogP) is 0.762. The molecule has 0 spiro atoms. The Morgan fingerprint density at radius 3 is 2.71 bits per heavy atom. The van der Waals surface area contributed by atoms with Gasteiger partial charge in [0.25, 0.3) is 5.89 Å². The molecule has 1 aliphatic carbocycles. The third-order valence-electron chi connectivity index (χ3n) is 3.87. The first-order valence-corrected chi connectivity index (χ1v) is 7.29. The van der Waals surface area contributed by atoms with Crippen molar-refractivity contribution in [3.05, 3.63) is 6.20 Å². The largest absolute Gasteiger partial charge is 0.403 e. The highest BCUT2D eigenvalue weighted by Crippen LogP contribution is 2.34. The molecule has 0 unspecified atom stereocenters. The summed E-state index contributed by atoms with van der Waals surface area (Å²) in [5.74, 6) is 2.06. The highest BCUT2D eigenvalue weighted by Gasteiger charge is 2.26. The summed E-state index contributed by atoms with van der Waals surface area (Å²) in [7, 11) is 0. The van der Waals surface area contributed by atoms with Crippen molar-refractivity contribution < 1.29 is 9.15 Å². The van der Waals surface area contributed by atoms with Crippen LogP contribution in [0.4, 0.5) is 11.8 Å². The molecule has 0 aromatic carbocycles. The molecule has 21 heavy (non-hydrogen) atoms. The lowest BCUT2D eigenvalue weighted by Gasteiger charge is -2.27. The molecule has 1 saturated carbocycles. The minimum atomic E-state index is 0.0767. The molecule has 2 N–H and O–H groups in total. The lowest BCUT2D eigenvalue weighted by Crippen LogP contribution is -2.36. The van der Waals surface area contributed by atoms with Gasteiger partial charge in [-0.15, -0.1) is 5.10 Å². The predicted molar refractivity (Wildman–Crippen MR) is 75.7 cm³/mol. The fraction of sp³-hybridized carbons (Fsp3) is 0.615. The van der Waals surface area contributed by atoms with Gasteiger partial charge < -0.3 is 19.8 Å². The van der Waals surface area contributed by atoms with Gasteiger partial charge in [-0.3, -0.25) is 4.68 Å². The van der Waals surface area contributed by atoms with E-state index >= 15 is 0 Å². The number of nitrogens with two attached hydrogens (primary N) is 1. The highest BCUT2D eigenvalue weighted by atomic mass is 16.5. The lowest BCUT2D eigenvalue weighted by atomic mass is 10.3. The van der Waals surface area contributed by atoms with Crippen molar-refractivity contribution in [3.63, 3.8) is 0 Å². The molecule has 2 aromatic heterocycles. The minimum Gasteiger partial charge on any atom is -0.403 e. The Balaban J connectivity index is 1.69. The molecule has 2 fully saturated rings. The molecule has 1 saturated heterocycles. The van der Waals surface area contributed by atoms with E-state index in [9.17, 15) is 0 Å². The Morgan fingerprint density at radius 2 is 2.05 bits per heavy atom. The molecule has 3 heterocycles. The maximum atomic E-state index is 5.54. The fourth-order valence-corrected chi connectivity index (χ4v) is 2.57. The first-order chi connectivity index (χ1) is 10.3. The molecule has 8 heteroatoms. The summed E-state index contributed by atoms with van der Waals surface area (Å²) in [6.07, 6.45) is 4.56. The number of anilines is 2. The molecular formula is C13H18N6O2. The first-order valence-electron chi connectivity index (χ1n) is 7.29. The zero-order valence-corrected chi connectivity index (χ0v) is 11.7. The van der Waals surface area contributed by atoms with E-state index in [0.29, 0.717) is 19.1 Å². The summed E-state index contributed by atoms with van der Waals surface area (Å²) in [4.78, 5) is 2.20.